The molecule has 2 rings (SSSR count). The molecule has 0 aliphatic heterocycles. The van der Waals surface area contributed by atoms with Gasteiger partial charge < -0.3 is 5.73 Å². The summed E-state index contributed by atoms with van der Waals surface area (Å²) < 4.78 is 26.6. The van der Waals surface area contributed by atoms with E-state index >= 15 is 0 Å². The molecule has 7 nitrogen and oxygen atoms in total. The van der Waals surface area contributed by atoms with Crippen molar-refractivity contribution in [3.63, 3.8) is 0 Å². The van der Waals surface area contributed by atoms with Crippen molar-refractivity contribution in [1.82, 2.24) is 19.5 Å². The molecule has 0 amide bonds. The van der Waals surface area contributed by atoms with Gasteiger partial charge in [-0.1, -0.05) is 6.92 Å². The average Bonchev–Trinajstić information content (AvgIpc) is 2.95. The van der Waals surface area contributed by atoms with Crippen molar-refractivity contribution >= 4 is 10.0 Å². The monoisotopic (exact) mass is 295 g/mol. The molecule has 8 heteroatoms. The third-order valence-electron chi connectivity index (χ3n) is 2.96. The van der Waals surface area contributed by atoms with Gasteiger partial charge in [-0.2, -0.15) is 9.40 Å². The minimum atomic E-state index is -3.63. The lowest BCUT2D eigenvalue weighted by atomic mass is 10.3. The van der Waals surface area contributed by atoms with Crippen LogP contribution in [0.5, 0.6) is 0 Å². The van der Waals surface area contributed by atoms with E-state index < -0.39 is 10.0 Å². The summed E-state index contributed by atoms with van der Waals surface area (Å²) in [6, 6.07) is 3.57. The van der Waals surface area contributed by atoms with Gasteiger partial charge in [0.1, 0.15) is 0 Å². The Hall–Kier alpha value is -1.77. The standard InChI is InChI=1S/C12H17N5O2S/c1-2-17(9-10-3-5-14-6-4-10)20(18,19)12-11(7-13)8-15-16-12/h3-6,8H,2,7,9,13H2,1H3,(H,15,16). The Morgan fingerprint density at radius 2 is 2.05 bits per heavy atom. The van der Waals surface area contributed by atoms with E-state index in [4.69, 9.17) is 5.73 Å². The number of aromatic nitrogens is 3. The minimum absolute atomic E-state index is 0.0657. The molecule has 20 heavy (non-hydrogen) atoms. The van der Waals surface area contributed by atoms with Crippen LogP contribution in [0.25, 0.3) is 0 Å². The number of hydrogen-bond donors (Lipinski definition) is 2. The molecule has 0 aromatic carbocycles. The summed E-state index contributed by atoms with van der Waals surface area (Å²) in [6.45, 7) is 2.55. The largest absolute Gasteiger partial charge is 0.326 e. The fourth-order valence-corrected chi connectivity index (χ4v) is 3.41. The van der Waals surface area contributed by atoms with Crippen LogP contribution >= 0.6 is 0 Å². The highest BCUT2D eigenvalue weighted by Gasteiger charge is 2.27. The van der Waals surface area contributed by atoms with Crippen LogP contribution in [-0.2, 0) is 23.1 Å². The topological polar surface area (TPSA) is 105 Å². The zero-order chi connectivity index (χ0) is 14.6. The molecule has 0 aliphatic rings. The molecule has 0 aliphatic carbocycles. The highest BCUT2D eigenvalue weighted by Crippen LogP contribution is 2.19. The molecule has 2 aromatic rings. The molecule has 0 radical (unpaired) electrons. The van der Waals surface area contributed by atoms with Gasteiger partial charge >= 0.3 is 0 Å². The Kier molecular flexibility index (Phi) is 4.48. The highest BCUT2D eigenvalue weighted by atomic mass is 32.2. The summed E-state index contributed by atoms with van der Waals surface area (Å²) >= 11 is 0. The first-order chi connectivity index (χ1) is 9.59. The summed E-state index contributed by atoms with van der Waals surface area (Å²) in [4.78, 5) is 3.92. The average molecular weight is 295 g/mol. The molecule has 0 bridgehead atoms. The summed E-state index contributed by atoms with van der Waals surface area (Å²) in [5, 5.41) is 6.35. The Bertz CT molecular complexity index is 653. The third kappa shape index (κ3) is 2.87. The van der Waals surface area contributed by atoms with E-state index in [2.05, 4.69) is 15.2 Å². The Morgan fingerprint density at radius 1 is 1.35 bits per heavy atom. The van der Waals surface area contributed by atoms with Gasteiger partial charge in [-0.05, 0) is 17.7 Å². The zero-order valence-electron chi connectivity index (χ0n) is 11.2. The number of nitrogens with one attached hydrogen (secondary N) is 1. The maximum atomic E-state index is 12.6. The lowest BCUT2D eigenvalue weighted by molar-refractivity contribution is 0.420. The van der Waals surface area contributed by atoms with Crippen molar-refractivity contribution < 1.29 is 8.42 Å². The van der Waals surface area contributed by atoms with E-state index in [0.717, 1.165) is 5.56 Å². The van der Waals surface area contributed by atoms with Crippen molar-refractivity contribution in [2.45, 2.75) is 25.0 Å². The maximum Gasteiger partial charge on any atom is 0.260 e. The van der Waals surface area contributed by atoms with Gasteiger partial charge in [-0.25, -0.2) is 8.42 Å². The lowest BCUT2D eigenvalue weighted by Crippen LogP contribution is -2.31. The van der Waals surface area contributed by atoms with Gasteiger partial charge in [0.05, 0.1) is 6.20 Å². The second-order valence-corrected chi connectivity index (χ2v) is 6.09. The van der Waals surface area contributed by atoms with Gasteiger partial charge in [0.15, 0.2) is 5.03 Å². The van der Waals surface area contributed by atoms with Crippen molar-refractivity contribution in [2.75, 3.05) is 6.54 Å². The fourth-order valence-electron chi connectivity index (χ4n) is 1.86. The number of H-pyrrole nitrogens is 1. The molecule has 2 heterocycles. The van der Waals surface area contributed by atoms with E-state index in [9.17, 15) is 8.42 Å². The SMILES string of the molecule is CCN(Cc1ccncc1)S(=O)(=O)c1[nH]ncc1CN. The summed E-state index contributed by atoms with van der Waals surface area (Å²) in [5.74, 6) is 0. The normalized spacial score (nSPS) is 11.9. The predicted octanol–water partition coefficient (Wildman–Crippen LogP) is 0.474. The number of nitrogens with two attached hydrogens (primary N) is 1. The summed E-state index contributed by atoms with van der Waals surface area (Å²) in [7, 11) is -3.63. The van der Waals surface area contributed by atoms with E-state index in [1.165, 1.54) is 10.5 Å². The molecule has 0 saturated heterocycles. The highest BCUT2D eigenvalue weighted by molar-refractivity contribution is 7.89. The second kappa shape index (κ2) is 6.12. The molecule has 0 unspecified atom stereocenters. The molecule has 3 N–H and O–H groups in total. The van der Waals surface area contributed by atoms with Gasteiger partial charge in [0, 0.05) is 37.6 Å². The van der Waals surface area contributed by atoms with Gasteiger partial charge in [0.25, 0.3) is 10.0 Å². The van der Waals surface area contributed by atoms with Crippen LogP contribution in [0.15, 0.2) is 35.7 Å². The number of aromatic amines is 1. The van der Waals surface area contributed by atoms with Crippen LogP contribution in [0.4, 0.5) is 0 Å². The van der Waals surface area contributed by atoms with Crippen LogP contribution in [0.1, 0.15) is 18.1 Å². The number of nitrogens with zero attached hydrogens (tertiary/aromatic N) is 3. The van der Waals surface area contributed by atoms with Crippen LogP contribution in [0, 0.1) is 0 Å². The van der Waals surface area contributed by atoms with Crippen molar-refractivity contribution in [3.05, 3.63) is 41.9 Å². The number of hydrogen-bond acceptors (Lipinski definition) is 5. The molecule has 0 spiro atoms. The van der Waals surface area contributed by atoms with E-state index in [1.807, 2.05) is 0 Å². The van der Waals surface area contributed by atoms with E-state index in [-0.39, 0.29) is 18.1 Å². The van der Waals surface area contributed by atoms with Crippen molar-refractivity contribution in [3.8, 4) is 0 Å². The predicted molar refractivity (Wildman–Crippen MR) is 74.0 cm³/mol. The maximum absolute atomic E-state index is 12.6. The van der Waals surface area contributed by atoms with Crippen LogP contribution in [-0.4, -0.2) is 34.4 Å². The van der Waals surface area contributed by atoms with Gasteiger partial charge in [0.2, 0.25) is 0 Å². The van der Waals surface area contributed by atoms with E-state index in [1.54, 1.807) is 31.5 Å². The molecule has 0 atom stereocenters. The lowest BCUT2D eigenvalue weighted by Gasteiger charge is -2.20. The van der Waals surface area contributed by atoms with Crippen molar-refractivity contribution in [2.24, 2.45) is 5.73 Å². The number of rotatable bonds is 6. The number of sulfonamides is 1. The van der Waals surface area contributed by atoms with E-state index in [0.29, 0.717) is 12.1 Å². The molecular weight excluding hydrogens is 278 g/mol. The minimum Gasteiger partial charge on any atom is -0.326 e. The Labute approximate surface area is 117 Å². The number of pyridine rings is 1. The van der Waals surface area contributed by atoms with Crippen LogP contribution < -0.4 is 5.73 Å². The van der Waals surface area contributed by atoms with Crippen molar-refractivity contribution in [1.29, 1.82) is 0 Å². The smallest absolute Gasteiger partial charge is 0.260 e. The second-order valence-electron chi connectivity index (χ2n) is 4.22. The molecule has 108 valence electrons. The summed E-state index contributed by atoms with van der Waals surface area (Å²) in [6.07, 6.45) is 4.71. The zero-order valence-corrected chi connectivity index (χ0v) is 12.0. The third-order valence-corrected chi connectivity index (χ3v) is 4.89. The molecule has 2 aromatic heterocycles. The van der Waals surface area contributed by atoms with Crippen LogP contribution in [0.2, 0.25) is 0 Å². The molecule has 0 fully saturated rings. The first kappa shape index (κ1) is 14.6. The Morgan fingerprint density at radius 3 is 2.65 bits per heavy atom. The quantitative estimate of drug-likeness (QED) is 0.806. The van der Waals surface area contributed by atoms with Crippen LogP contribution in [0.3, 0.4) is 0 Å². The summed E-state index contributed by atoms with van der Waals surface area (Å²) in [5.41, 5.74) is 6.89. The first-order valence-corrected chi connectivity index (χ1v) is 7.65. The molecular formula is C12H17N5O2S. The first-order valence-electron chi connectivity index (χ1n) is 6.21. The fraction of sp³-hybridized carbons (Fsp3) is 0.333. The Balaban J connectivity index is 2.31. The molecule has 0 saturated carbocycles. The van der Waals surface area contributed by atoms with Gasteiger partial charge in [-0.3, -0.25) is 10.1 Å². The van der Waals surface area contributed by atoms with Gasteiger partial charge in [-0.15, -0.1) is 0 Å².